The standard InChI is InChI=1S/C44H48N4O6/c1-4-37(32-8-6-5-7-9-32)41(33-12-14-35(49)15-13-33)30(2)10-11-31(3)53-22-20-46-26-44(27-46)28-47(29-44)21-23-54-36-16-17-38-34(24-36)25-48(43(38)52)39-18-19-40(50)45-42(39)51/h5-17,24,39,49H,2-4,18-23,25-29H2,1H3,(H,45,50,51)/b11-10-,41-37+. The monoisotopic (exact) mass is 728 g/mol. The van der Waals surface area contributed by atoms with Crippen LogP contribution in [0.3, 0.4) is 0 Å². The molecule has 4 aliphatic rings. The second-order valence-corrected chi connectivity index (χ2v) is 14.8. The minimum Gasteiger partial charge on any atom is -0.508 e. The van der Waals surface area contributed by atoms with Gasteiger partial charge in [-0.1, -0.05) is 68.6 Å². The lowest BCUT2D eigenvalue weighted by molar-refractivity contribution is -0.136. The lowest BCUT2D eigenvalue weighted by atomic mass is 9.73. The molecular weight excluding hydrogens is 681 g/mol. The summed E-state index contributed by atoms with van der Waals surface area (Å²) in [7, 11) is 0. The molecule has 7 rings (SSSR count). The van der Waals surface area contributed by atoms with Crippen molar-refractivity contribution in [2.45, 2.75) is 38.8 Å². The second kappa shape index (κ2) is 15.9. The van der Waals surface area contributed by atoms with Gasteiger partial charge in [0.25, 0.3) is 5.91 Å². The van der Waals surface area contributed by atoms with Gasteiger partial charge in [-0.2, -0.15) is 0 Å². The summed E-state index contributed by atoms with van der Waals surface area (Å²) in [6.07, 6.45) is 5.24. The highest BCUT2D eigenvalue weighted by molar-refractivity contribution is 6.05. The zero-order valence-corrected chi connectivity index (χ0v) is 30.9. The number of aromatic hydroxyl groups is 1. The summed E-state index contributed by atoms with van der Waals surface area (Å²) >= 11 is 0. The Hall–Kier alpha value is -5.45. The Morgan fingerprint density at radius 2 is 1.61 bits per heavy atom. The Kier molecular flexibility index (Phi) is 10.8. The number of hydrogen-bond acceptors (Lipinski definition) is 8. The number of ether oxygens (including phenoxy) is 2. The van der Waals surface area contributed by atoms with Gasteiger partial charge in [-0.25, -0.2) is 0 Å². The normalized spacial score (nSPS) is 19.9. The Morgan fingerprint density at radius 1 is 0.907 bits per heavy atom. The number of likely N-dealkylation sites (tertiary alicyclic amines) is 2. The first-order chi connectivity index (χ1) is 26.1. The number of phenols is 1. The quantitative estimate of drug-likeness (QED) is 0.0874. The highest BCUT2D eigenvalue weighted by Gasteiger charge is 2.51. The number of piperidine rings is 1. The van der Waals surface area contributed by atoms with Crippen molar-refractivity contribution >= 4 is 28.9 Å². The van der Waals surface area contributed by atoms with E-state index in [1.165, 1.54) is 5.57 Å². The third-order valence-electron chi connectivity index (χ3n) is 10.8. The zero-order valence-electron chi connectivity index (χ0n) is 30.9. The fourth-order valence-electron chi connectivity index (χ4n) is 8.23. The summed E-state index contributed by atoms with van der Waals surface area (Å²) in [6.45, 7) is 18.0. The smallest absolute Gasteiger partial charge is 0.255 e. The average Bonchev–Trinajstić information content (AvgIpc) is 3.46. The Bertz CT molecular complexity index is 1990. The van der Waals surface area contributed by atoms with E-state index >= 15 is 0 Å². The first-order valence-corrected chi connectivity index (χ1v) is 18.7. The first-order valence-electron chi connectivity index (χ1n) is 18.7. The van der Waals surface area contributed by atoms with E-state index in [-0.39, 0.29) is 24.0 Å². The summed E-state index contributed by atoms with van der Waals surface area (Å²) < 4.78 is 12.1. The Morgan fingerprint density at radius 3 is 2.30 bits per heavy atom. The largest absolute Gasteiger partial charge is 0.508 e. The number of nitrogens with one attached hydrogen (secondary N) is 1. The molecule has 3 amide bonds. The highest BCUT2D eigenvalue weighted by atomic mass is 16.5. The molecule has 0 aliphatic carbocycles. The van der Waals surface area contributed by atoms with Crippen molar-refractivity contribution in [3.05, 3.63) is 132 Å². The number of hydrogen-bond donors (Lipinski definition) is 2. The number of carbonyl (C=O) groups excluding carboxylic acids is 3. The lowest BCUT2D eigenvalue weighted by Crippen LogP contribution is -2.72. The molecule has 1 spiro atoms. The fourth-order valence-corrected chi connectivity index (χ4v) is 8.23. The van der Waals surface area contributed by atoms with E-state index < -0.39 is 11.9 Å². The van der Waals surface area contributed by atoms with Crippen molar-refractivity contribution < 1.29 is 29.0 Å². The van der Waals surface area contributed by atoms with E-state index in [0.717, 1.165) is 73.5 Å². The molecule has 4 heterocycles. The van der Waals surface area contributed by atoms with Gasteiger partial charge >= 0.3 is 0 Å². The molecule has 0 aromatic heterocycles. The number of fused-ring (bicyclic) bond motifs is 1. The SMILES string of the molecule is C=C(/C=C\C(=C)/C(=C(/CC)c1ccccc1)c1ccc(O)cc1)OCCN1CC2(C1)CN(CCOc1ccc3c(c1)CN(C1CCC(=O)NC1=O)C3=O)C2. The minimum atomic E-state index is -0.622. The number of amides is 3. The van der Waals surface area contributed by atoms with Crippen LogP contribution in [0.15, 0.2) is 109 Å². The van der Waals surface area contributed by atoms with E-state index in [0.29, 0.717) is 48.7 Å². The summed E-state index contributed by atoms with van der Waals surface area (Å²) in [5, 5.41) is 12.2. The number of carbonyl (C=O) groups is 3. The molecule has 3 aromatic rings. The second-order valence-electron chi connectivity index (χ2n) is 14.8. The molecule has 0 radical (unpaired) electrons. The molecule has 54 heavy (non-hydrogen) atoms. The molecular formula is C44H48N4O6. The highest BCUT2D eigenvalue weighted by Crippen LogP contribution is 2.39. The number of phenolic OH excluding ortho intramolecular Hbond substituents is 1. The van der Waals surface area contributed by atoms with Gasteiger partial charge in [0.05, 0.1) is 0 Å². The molecule has 0 saturated carbocycles. The number of allylic oxidation sites excluding steroid dienone is 5. The minimum absolute atomic E-state index is 0.180. The first kappa shape index (κ1) is 36.9. The molecule has 4 aliphatic heterocycles. The molecule has 10 heteroatoms. The van der Waals surface area contributed by atoms with Crippen molar-refractivity contribution in [3.8, 4) is 11.5 Å². The predicted octanol–water partition coefficient (Wildman–Crippen LogP) is 5.81. The van der Waals surface area contributed by atoms with Crippen LogP contribution in [-0.2, 0) is 20.9 Å². The van der Waals surface area contributed by atoms with E-state index in [2.05, 4.69) is 47.3 Å². The van der Waals surface area contributed by atoms with Crippen LogP contribution in [0.1, 0.15) is 53.2 Å². The average molecular weight is 729 g/mol. The van der Waals surface area contributed by atoms with E-state index in [1.807, 2.05) is 54.6 Å². The van der Waals surface area contributed by atoms with Gasteiger partial charge in [0, 0.05) is 63.2 Å². The molecule has 3 fully saturated rings. The van der Waals surface area contributed by atoms with E-state index in [1.54, 1.807) is 23.1 Å². The van der Waals surface area contributed by atoms with Gasteiger partial charge in [-0.05, 0) is 82.7 Å². The maximum absolute atomic E-state index is 13.0. The van der Waals surface area contributed by atoms with Gasteiger partial charge in [0.2, 0.25) is 11.8 Å². The van der Waals surface area contributed by atoms with Crippen molar-refractivity contribution in [1.82, 2.24) is 20.0 Å². The third-order valence-corrected chi connectivity index (χ3v) is 10.8. The van der Waals surface area contributed by atoms with Gasteiger partial charge in [-0.15, -0.1) is 0 Å². The number of imide groups is 1. The Balaban J connectivity index is 0.815. The molecule has 1 unspecified atom stereocenters. The van der Waals surface area contributed by atoms with Crippen molar-refractivity contribution in [3.63, 3.8) is 0 Å². The van der Waals surface area contributed by atoms with Crippen LogP contribution < -0.4 is 10.1 Å². The van der Waals surface area contributed by atoms with Crippen molar-refractivity contribution in [2.24, 2.45) is 5.41 Å². The van der Waals surface area contributed by atoms with Gasteiger partial charge in [0.15, 0.2) is 0 Å². The van der Waals surface area contributed by atoms with Crippen LogP contribution >= 0.6 is 0 Å². The van der Waals surface area contributed by atoms with Crippen LogP contribution in [0.5, 0.6) is 11.5 Å². The summed E-state index contributed by atoms with van der Waals surface area (Å²) in [6, 6.07) is 22.4. The van der Waals surface area contributed by atoms with Crippen LogP contribution in [0.25, 0.3) is 11.1 Å². The molecule has 2 N–H and O–H groups in total. The topological polar surface area (TPSA) is 112 Å². The van der Waals surface area contributed by atoms with Crippen LogP contribution in [0, 0.1) is 5.41 Å². The van der Waals surface area contributed by atoms with Gasteiger partial charge < -0.3 is 19.5 Å². The Labute approximate surface area is 317 Å². The molecule has 1 atom stereocenters. The van der Waals surface area contributed by atoms with Crippen LogP contribution in [0.4, 0.5) is 0 Å². The van der Waals surface area contributed by atoms with Crippen molar-refractivity contribution in [2.75, 3.05) is 52.5 Å². The maximum Gasteiger partial charge on any atom is 0.255 e. The van der Waals surface area contributed by atoms with Crippen LogP contribution in [0.2, 0.25) is 0 Å². The zero-order chi connectivity index (χ0) is 37.8. The number of rotatable bonds is 15. The number of nitrogens with zero attached hydrogens (tertiary/aromatic N) is 3. The lowest BCUT2D eigenvalue weighted by Gasteiger charge is -2.60. The molecule has 280 valence electrons. The van der Waals surface area contributed by atoms with Gasteiger partial charge in [0.1, 0.15) is 36.5 Å². The molecule has 3 aromatic carbocycles. The number of benzene rings is 3. The van der Waals surface area contributed by atoms with E-state index in [9.17, 15) is 19.5 Å². The molecule has 0 bridgehead atoms. The van der Waals surface area contributed by atoms with Crippen LogP contribution in [-0.4, -0.2) is 96.1 Å². The van der Waals surface area contributed by atoms with Gasteiger partial charge in [-0.3, -0.25) is 29.5 Å². The molecule has 10 nitrogen and oxygen atoms in total. The molecule has 3 saturated heterocycles. The van der Waals surface area contributed by atoms with Crippen molar-refractivity contribution in [1.29, 1.82) is 0 Å². The summed E-state index contributed by atoms with van der Waals surface area (Å²) in [5.41, 5.74) is 6.95. The van der Waals surface area contributed by atoms with E-state index in [4.69, 9.17) is 9.47 Å². The predicted molar refractivity (Wildman–Crippen MR) is 208 cm³/mol. The summed E-state index contributed by atoms with van der Waals surface area (Å²) in [4.78, 5) is 43.2. The fraction of sp³-hybridized carbons (Fsp3) is 0.341. The third kappa shape index (κ3) is 8.05. The maximum atomic E-state index is 13.0. The summed E-state index contributed by atoms with van der Waals surface area (Å²) in [5.74, 6) is 0.649.